The number of hydrogen-bond acceptors (Lipinski definition) is 3. The Morgan fingerprint density at radius 2 is 2.20 bits per heavy atom. The van der Waals surface area contributed by atoms with Crippen LogP contribution >= 0.6 is 0 Å². The van der Waals surface area contributed by atoms with E-state index >= 15 is 0 Å². The Labute approximate surface area is 86.5 Å². The maximum absolute atomic E-state index is 10.7. The number of hydrogen-bond donors (Lipinski definition) is 1. The van der Waals surface area contributed by atoms with Gasteiger partial charge >= 0.3 is 5.97 Å². The van der Waals surface area contributed by atoms with E-state index < -0.39 is 5.97 Å². The summed E-state index contributed by atoms with van der Waals surface area (Å²) < 4.78 is 5.45. The standard InChI is InChI=1S/C11H11NO3/c1-6-8-3-4-12-9(5-10(13)14)11(8)7(2)15-6/h3-4H,5H2,1-2H3,(H,13,14). The van der Waals surface area contributed by atoms with Gasteiger partial charge in [0.1, 0.15) is 11.5 Å². The zero-order chi connectivity index (χ0) is 11.0. The summed E-state index contributed by atoms with van der Waals surface area (Å²) >= 11 is 0. The summed E-state index contributed by atoms with van der Waals surface area (Å²) in [7, 11) is 0. The lowest BCUT2D eigenvalue weighted by Gasteiger charge is -1.98. The molecule has 0 fully saturated rings. The largest absolute Gasteiger partial charge is 0.481 e. The third-order valence-electron chi connectivity index (χ3n) is 2.39. The molecule has 0 saturated carbocycles. The molecule has 0 spiro atoms. The number of carboxylic acids is 1. The minimum atomic E-state index is -0.881. The molecule has 2 heterocycles. The minimum Gasteiger partial charge on any atom is -0.481 e. The molecule has 0 amide bonds. The molecule has 2 aromatic heterocycles. The highest BCUT2D eigenvalue weighted by atomic mass is 16.4. The van der Waals surface area contributed by atoms with Gasteiger partial charge in [-0.05, 0) is 19.9 Å². The number of aromatic nitrogens is 1. The van der Waals surface area contributed by atoms with E-state index in [2.05, 4.69) is 4.98 Å². The Balaban J connectivity index is 2.69. The zero-order valence-electron chi connectivity index (χ0n) is 8.57. The summed E-state index contributed by atoms with van der Waals surface area (Å²) in [6.45, 7) is 3.68. The average molecular weight is 205 g/mol. The first-order chi connectivity index (χ1) is 7.09. The second kappa shape index (κ2) is 3.38. The van der Waals surface area contributed by atoms with Crippen molar-refractivity contribution in [1.29, 1.82) is 0 Å². The highest BCUT2D eigenvalue weighted by Crippen LogP contribution is 2.26. The third kappa shape index (κ3) is 1.58. The van der Waals surface area contributed by atoms with Gasteiger partial charge in [0.2, 0.25) is 0 Å². The summed E-state index contributed by atoms with van der Waals surface area (Å²) in [5.74, 6) is 0.650. The number of carbonyl (C=O) groups is 1. The van der Waals surface area contributed by atoms with Crippen LogP contribution in [0.1, 0.15) is 17.2 Å². The molecule has 1 N–H and O–H groups in total. The van der Waals surface area contributed by atoms with E-state index in [1.807, 2.05) is 19.9 Å². The van der Waals surface area contributed by atoms with E-state index in [9.17, 15) is 4.79 Å². The summed E-state index contributed by atoms with van der Waals surface area (Å²) in [4.78, 5) is 14.7. The van der Waals surface area contributed by atoms with Gasteiger partial charge in [0.15, 0.2) is 0 Å². The number of furan rings is 1. The van der Waals surface area contributed by atoms with E-state index in [1.165, 1.54) is 0 Å². The molecule has 2 aromatic rings. The quantitative estimate of drug-likeness (QED) is 0.815. The molecule has 0 aliphatic carbocycles. The Kier molecular flexibility index (Phi) is 2.19. The van der Waals surface area contributed by atoms with Gasteiger partial charge in [-0.25, -0.2) is 0 Å². The number of aryl methyl sites for hydroxylation is 2. The van der Waals surface area contributed by atoms with Crippen molar-refractivity contribution in [3.63, 3.8) is 0 Å². The van der Waals surface area contributed by atoms with Crippen LogP contribution in [0.5, 0.6) is 0 Å². The van der Waals surface area contributed by atoms with Crippen molar-refractivity contribution in [1.82, 2.24) is 4.98 Å². The molecule has 0 atom stereocenters. The number of pyridine rings is 1. The third-order valence-corrected chi connectivity index (χ3v) is 2.39. The average Bonchev–Trinajstić information content (AvgIpc) is 2.43. The first kappa shape index (κ1) is 9.71. The molecule has 0 saturated heterocycles. The molecule has 0 aliphatic heterocycles. The monoisotopic (exact) mass is 205 g/mol. The van der Waals surface area contributed by atoms with Gasteiger partial charge in [-0.15, -0.1) is 0 Å². The minimum absolute atomic E-state index is 0.0723. The van der Waals surface area contributed by atoms with E-state index in [-0.39, 0.29) is 6.42 Å². The normalized spacial score (nSPS) is 10.8. The highest BCUT2D eigenvalue weighted by Gasteiger charge is 2.13. The SMILES string of the molecule is Cc1oc(C)c2c(CC(=O)O)nccc12. The molecule has 0 aliphatic rings. The fourth-order valence-electron chi connectivity index (χ4n) is 1.80. The van der Waals surface area contributed by atoms with Crippen molar-refractivity contribution in [2.75, 3.05) is 0 Å². The van der Waals surface area contributed by atoms with Gasteiger partial charge in [0.05, 0.1) is 12.1 Å². The Bertz CT molecular complexity index is 528. The second-order valence-electron chi connectivity index (χ2n) is 3.47. The van der Waals surface area contributed by atoms with Crippen LogP contribution < -0.4 is 0 Å². The second-order valence-corrected chi connectivity index (χ2v) is 3.47. The van der Waals surface area contributed by atoms with Crippen LogP contribution in [0.25, 0.3) is 10.8 Å². The van der Waals surface area contributed by atoms with Crippen molar-refractivity contribution in [3.8, 4) is 0 Å². The van der Waals surface area contributed by atoms with Gasteiger partial charge < -0.3 is 9.52 Å². The molecule has 0 radical (unpaired) electrons. The zero-order valence-corrected chi connectivity index (χ0v) is 8.57. The van der Waals surface area contributed by atoms with Crippen molar-refractivity contribution >= 4 is 16.7 Å². The predicted molar refractivity (Wildman–Crippen MR) is 54.8 cm³/mol. The van der Waals surface area contributed by atoms with Crippen LogP contribution in [-0.2, 0) is 11.2 Å². The number of aliphatic carboxylic acids is 1. The van der Waals surface area contributed by atoms with Crippen LogP contribution in [0.4, 0.5) is 0 Å². The van der Waals surface area contributed by atoms with Crippen LogP contribution in [0, 0.1) is 13.8 Å². The smallest absolute Gasteiger partial charge is 0.309 e. The van der Waals surface area contributed by atoms with E-state index in [0.29, 0.717) is 5.69 Å². The highest BCUT2D eigenvalue weighted by molar-refractivity contribution is 5.90. The van der Waals surface area contributed by atoms with Crippen molar-refractivity contribution in [3.05, 3.63) is 29.5 Å². The Morgan fingerprint density at radius 1 is 1.47 bits per heavy atom. The number of fused-ring (bicyclic) bond motifs is 1. The fraction of sp³-hybridized carbons (Fsp3) is 0.273. The molecule has 0 aromatic carbocycles. The molecule has 78 valence electrons. The summed E-state index contributed by atoms with van der Waals surface area (Å²) in [5.41, 5.74) is 0.564. The van der Waals surface area contributed by atoms with Crippen LogP contribution in [-0.4, -0.2) is 16.1 Å². The van der Waals surface area contributed by atoms with Gasteiger partial charge in [0, 0.05) is 17.0 Å². The Morgan fingerprint density at radius 3 is 2.87 bits per heavy atom. The first-order valence-corrected chi connectivity index (χ1v) is 4.65. The number of rotatable bonds is 2. The lowest BCUT2D eigenvalue weighted by atomic mass is 10.1. The maximum atomic E-state index is 10.7. The van der Waals surface area contributed by atoms with Crippen molar-refractivity contribution < 1.29 is 14.3 Å². The van der Waals surface area contributed by atoms with E-state index in [0.717, 1.165) is 22.3 Å². The molecule has 4 heteroatoms. The lowest BCUT2D eigenvalue weighted by molar-refractivity contribution is -0.136. The molecule has 2 rings (SSSR count). The number of nitrogens with zero attached hydrogens (tertiary/aromatic N) is 1. The summed E-state index contributed by atoms with van der Waals surface area (Å²) in [6.07, 6.45) is 1.54. The Hall–Kier alpha value is -1.84. The molecule has 0 bridgehead atoms. The molecular formula is C11H11NO3. The van der Waals surface area contributed by atoms with Gasteiger partial charge in [-0.3, -0.25) is 9.78 Å². The molecular weight excluding hydrogens is 194 g/mol. The van der Waals surface area contributed by atoms with Crippen LogP contribution in [0.2, 0.25) is 0 Å². The summed E-state index contributed by atoms with van der Waals surface area (Å²) in [6, 6.07) is 1.84. The van der Waals surface area contributed by atoms with Gasteiger partial charge in [-0.1, -0.05) is 0 Å². The number of carboxylic acid groups (broad SMARTS) is 1. The molecule has 4 nitrogen and oxygen atoms in total. The van der Waals surface area contributed by atoms with Gasteiger partial charge in [0.25, 0.3) is 0 Å². The predicted octanol–water partition coefficient (Wildman–Crippen LogP) is 2.07. The fourth-order valence-corrected chi connectivity index (χ4v) is 1.80. The van der Waals surface area contributed by atoms with E-state index in [4.69, 9.17) is 9.52 Å². The molecule has 15 heavy (non-hydrogen) atoms. The summed E-state index contributed by atoms with van der Waals surface area (Å²) in [5, 5.41) is 10.5. The van der Waals surface area contributed by atoms with E-state index in [1.54, 1.807) is 6.20 Å². The van der Waals surface area contributed by atoms with Crippen molar-refractivity contribution in [2.24, 2.45) is 0 Å². The van der Waals surface area contributed by atoms with Crippen LogP contribution in [0.15, 0.2) is 16.7 Å². The first-order valence-electron chi connectivity index (χ1n) is 4.65. The van der Waals surface area contributed by atoms with Crippen LogP contribution in [0.3, 0.4) is 0 Å². The maximum Gasteiger partial charge on any atom is 0.309 e. The van der Waals surface area contributed by atoms with Crippen molar-refractivity contribution in [2.45, 2.75) is 20.3 Å². The molecule has 0 unspecified atom stereocenters. The van der Waals surface area contributed by atoms with Gasteiger partial charge in [-0.2, -0.15) is 0 Å². The lowest BCUT2D eigenvalue weighted by Crippen LogP contribution is -2.02. The topological polar surface area (TPSA) is 63.3 Å².